The summed E-state index contributed by atoms with van der Waals surface area (Å²) >= 11 is 1.24. The van der Waals surface area contributed by atoms with Gasteiger partial charge in [-0.15, -0.1) is 11.3 Å². The number of fused-ring (bicyclic) bond motifs is 1. The second-order valence-electron chi connectivity index (χ2n) is 7.42. The first kappa shape index (κ1) is 20.2. The predicted octanol–water partition coefficient (Wildman–Crippen LogP) is 1.79. The summed E-state index contributed by atoms with van der Waals surface area (Å²) < 4.78 is 1.28. The summed E-state index contributed by atoms with van der Waals surface area (Å²) in [6, 6.07) is 9.06. The number of rotatable bonds is 4. The molecule has 0 radical (unpaired) electrons. The van der Waals surface area contributed by atoms with Crippen LogP contribution in [0.3, 0.4) is 0 Å². The summed E-state index contributed by atoms with van der Waals surface area (Å²) in [7, 11) is 2.03. The fraction of sp³-hybridized carbons (Fsp3) is 0.333. The van der Waals surface area contributed by atoms with E-state index in [-0.39, 0.29) is 23.9 Å². The molecule has 30 heavy (non-hydrogen) atoms. The lowest BCUT2D eigenvalue weighted by molar-refractivity contribution is -0.116. The van der Waals surface area contributed by atoms with E-state index in [1.165, 1.54) is 22.2 Å². The number of para-hydroxylation sites is 1. The fourth-order valence-corrected chi connectivity index (χ4v) is 4.61. The number of nitrogens with zero attached hydrogens (tertiary/aromatic N) is 4. The van der Waals surface area contributed by atoms with Crippen molar-refractivity contribution in [3.8, 4) is 0 Å². The molecule has 0 atom stereocenters. The van der Waals surface area contributed by atoms with Crippen LogP contribution in [0.1, 0.15) is 15.2 Å². The Hall–Kier alpha value is -3.04. The summed E-state index contributed by atoms with van der Waals surface area (Å²) in [4.78, 5) is 47.8. The molecule has 1 aliphatic rings. The number of likely N-dealkylation sites (N-methyl/N-ethyl adjacent to an activating group) is 1. The molecule has 1 aliphatic heterocycles. The first-order valence-electron chi connectivity index (χ1n) is 9.75. The van der Waals surface area contributed by atoms with Gasteiger partial charge in [0.15, 0.2) is 0 Å². The van der Waals surface area contributed by atoms with Crippen molar-refractivity contribution >= 4 is 39.1 Å². The lowest BCUT2D eigenvalue weighted by atomic mass is 10.2. The summed E-state index contributed by atoms with van der Waals surface area (Å²) in [6.45, 7) is 4.63. The lowest BCUT2D eigenvalue weighted by Gasteiger charge is -2.32. The average Bonchev–Trinajstić information content (AvgIpc) is 3.08. The lowest BCUT2D eigenvalue weighted by Crippen LogP contribution is -2.47. The maximum absolute atomic E-state index is 13.0. The monoisotopic (exact) mass is 425 g/mol. The molecule has 0 bridgehead atoms. The summed E-state index contributed by atoms with van der Waals surface area (Å²) in [5.74, 6) is -0.373. The topological polar surface area (TPSA) is 87.5 Å². The molecule has 0 unspecified atom stereocenters. The number of hydrogen-bond acceptors (Lipinski definition) is 6. The Bertz CT molecular complexity index is 1150. The summed E-state index contributed by atoms with van der Waals surface area (Å²) in [5.41, 5.74) is 0.986. The van der Waals surface area contributed by atoms with E-state index in [1.54, 1.807) is 19.1 Å². The number of carbonyl (C=O) groups excluding carboxylic acids is 2. The minimum atomic E-state index is -0.314. The van der Waals surface area contributed by atoms with Gasteiger partial charge >= 0.3 is 0 Å². The van der Waals surface area contributed by atoms with Crippen LogP contribution in [0, 0.1) is 6.92 Å². The Balaban J connectivity index is 1.58. The van der Waals surface area contributed by atoms with Gasteiger partial charge in [-0.3, -0.25) is 19.0 Å². The van der Waals surface area contributed by atoms with Crippen LogP contribution in [-0.4, -0.2) is 64.4 Å². The standard InChI is InChI=1S/C21H23N5O3S/c1-14-17-19(30-18(14)21(29)25-10-8-24(2)9-11-25)22-13-26(20(17)28)12-16(27)23-15-6-4-3-5-7-15/h3-7,13H,8-12H2,1-2H3,(H,23,27). The van der Waals surface area contributed by atoms with Gasteiger partial charge in [0.2, 0.25) is 5.91 Å². The number of anilines is 1. The van der Waals surface area contributed by atoms with Gasteiger partial charge in [-0.1, -0.05) is 18.2 Å². The third kappa shape index (κ3) is 3.99. The molecule has 156 valence electrons. The van der Waals surface area contributed by atoms with Crippen molar-refractivity contribution < 1.29 is 9.59 Å². The van der Waals surface area contributed by atoms with Crippen LogP contribution in [0.15, 0.2) is 41.5 Å². The quantitative estimate of drug-likeness (QED) is 0.689. The largest absolute Gasteiger partial charge is 0.335 e. The van der Waals surface area contributed by atoms with Gasteiger partial charge in [0, 0.05) is 31.9 Å². The molecular weight excluding hydrogens is 402 g/mol. The second-order valence-corrected chi connectivity index (χ2v) is 8.42. The molecule has 1 fully saturated rings. The van der Waals surface area contributed by atoms with Crippen molar-refractivity contribution in [2.75, 3.05) is 38.5 Å². The van der Waals surface area contributed by atoms with Gasteiger partial charge < -0.3 is 15.1 Å². The van der Waals surface area contributed by atoms with E-state index in [0.717, 1.165) is 13.1 Å². The van der Waals surface area contributed by atoms with Crippen molar-refractivity contribution in [3.05, 3.63) is 57.5 Å². The third-order valence-corrected chi connectivity index (χ3v) is 6.46. The number of hydrogen-bond donors (Lipinski definition) is 1. The van der Waals surface area contributed by atoms with Gasteiger partial charge in [0.1, 0.15) is 11.4 Å². The van der Waals surface area contributed by atoms with E-state index in [4.69, 9.17) is 0 Å². The Morgan fingerprint density at radius 1 is 1.13 bits per heavy atom. The molecule has 3 aromatic rings. The number of benzene rings is 1. The zero-order valence-corrected chi connectivity index (χ0v) is 17.7. The van der Waals surface area contributed by atoms with Gasteiger partial charge in [-0.25, -0.2) is 4.98 Å². The number of thiophene rings is 1. The Labute approximate surface area is 177 Å². The van der Waals surface area contributed by atoms with Crippen LogP contribution in [0.4, 0.5) is 5.69 Å². The van der Waals surface area contributed by atoms with E-state index in [1.807, 2.05) is 30.1 Å². The molecule has 2 aromatic heterocycles. The maximum Gasteiger partial charge on any atom is 0.264 e. The van der Waals surface area contributed by atoms with Crippen LogP contribution in [-0.2, 0) is 11.3 Å². The number of aromatic nitrogens is 2. The first-order valence-corrected chi connectivity index (χ1v) is 10.6. The molecule has 9 heteroatoms. The maximum atomic E-state index is 13.0. The number of piperazine rings is 1. The fourth-order valence-electron chi connectivity index (χ4n) is 3.51. The van der Waals surface area contributed by atoms with Crippen LogP contribution in [0.5, 0.6) is 0 Å². The highest BCUT2D eigenvalue weighted by atomic mass is 32.1. The van der Waals surface area contributed by atoms with E-state index in [2.05, 4.69) is 15.2 Å². The van der Waals surface area contributed by atoms with Crippen LogP contribution >= 0.6 is 11.3 Å². The van der Waals surface area contributed by atoms with E-state index >= 15 is 0 Å². The summed E-state index contributed by atoms with van der Waals surface area (Å²) in [6.07, 6.45) is 1.37. The second kappa shape index (κ2) is 8.37. The molecule has 1 N–H and O–H groups in total. The predicted molar refractivity (Wildman–Crippen MR) is 117 cm³/mol. The molecule has 2 amide bonds. The molecule has 8 nitrogen and oxygen atoms in total. The number of nitrogens with one attached hydrogen (secondary N) is 1. The van der Waals surface area contributed by atoms with E-state index in [0.29, 0.717) is 39.4 Å². The highest BCUT2D eigenvalue weighted by Crippen LogP contribution is 2.28. The number of aryl methyl sites for hydroxylation is 1. The van der Waals surface area contributed by atoms with Gasteiger partial charge in [-0.2, -0.15) is 0 Å². The van der Waals surface area contributed by atoms with E-state index in [9.17, 15) is 14.4 Å². The molecule has 0 aliphatic carbocycles. The zero-order chi connectivity index (χ0) is 21.3. The Kier molecular flexibility index (Phi) is 5.65. The molecular formula is C21H23N5O3S. The first-order chi connectivity index (χ1) is 14.4. The molecule has 0 spiro atoms. The Morgan fingerprint density at radius 2 is 1.83 bits per heavy atom. The third-order valence-electron chi connectivity index (χ3n) is 5.27. The van der Waals surface area contributed by atoms with Crippen molar-refractivity contribution in [3.63, 3.8) is 0 Å². The minimum Gasteiger partial charge on any atom is -0.335 e. The van der Waals surface area contributed by atoms with Gasteiger partial charge in [0.05, 0.1) is 16.6 Å². The molecule has 1 saturated heterocycles. The molecule has 4 rings (SSSR count). The Morgan fingerprint density at radius 3 is 2.53 bits per heavy atom. The zero-order valence-electron chi connectivity index (χ0n) is 16.9. The molecule has 0 saturated carbocycles. The van der Waals surface area contributed by atoms with Crippen molar-refractivity contribution in [2.45, 2.75) is 13.5 Å². The highest BCUT2D eigenvalue weighted by Gasteiger charge is 2.26. The van der Waals surface area contributed by atoms with Crippen LogP contribution < -0.4 is 10.9 Å². The van der Waals surface area contributed by atoms with Crippen LogP contribution in [0.2, 0.25) is 0 Å². The normalized spacial score (nSPS) is 14.8. The van der Waals surface area contributed by atoms with Crippen LogP contribution in [0.25, 0.3) is 10.2 Å². The van der Waals surface area contributed by atoms with Gasteiger partial charge in [-0.05, 0) is 31.7 Å². The minimum absolute atomic E-state index is 0.0589. The number of carbonyl (C=O) groups is 2. The van der Waals surface area contributed by atoms with Gasteiger partial charge in [0.25, 0.3) is 11.5 Å². The number of amides is 2. The molecule has 1 aromatic carbocycles. The van der Waals surface area contributed by atoms with Crippen molar-refractivity contribution in [1.82, 2.24) is 19.4 Å². The van der Waals surface area contributed by atoms with Crippen molar-refractivity contribution in [2.24, 2.45) is 0 Å². The SMILES string of the molecule is Cc1c(C(=O)N2CCN(C)CC2)sc2ncn(CC(=O)Nc3ccccc3)c(=O)c12. The van der Waals surface area contributed by atoms with Crippen molar-refractivity contribution in [1.29, 1.82) is 0 Å². The molecule has 3 heterocycles. The smallest absolute Gasteiger partial charge is 0.264 e. The average molecular weight is 426 g/mol. The van der Waals surface area contributed by atoms with E-state index < -0.39 is 0 Å². The summed E-state index contributed by atoms with van der Waals surface area (Å²) in [5, 5.41) is 3.17. The highest BCUT2D eigenvalue weighted by molar-refractivity contribution is 7.20.